The number of hydrogen-bond acceptors (Lipinski definition) is 1. The minimum Gasteiger partial charge on any atom is -0.385 e. The Hall–Kier alpha value is -0.560. The molecule has 0 heterocycles. The fourth-order valence-corrected chi connectivity index (χ4v) is 0.276. The third-order valence-electron chi connectivity index (χ3n) is 0.631. The Morgan fingerprint density at radius 3 is 2.43 bits per heavy atom. The molecule has 0 aliphatic rings. The first-order valence-corrected chi connectivity index (χ1v) is 2.24. The number of hydrogen-bond donors (Lipinski definition) is 1. The van der Waals surface area contributed by atoms with Gasteiger partial charge in [-0.3, -0.25) is 0 Å². The first-order valence-electron chi connectivity index (χ1n) is 2.24. The van der Waals surface area contributed by atoms with Crippen molar-refractivity contribution in [2.75, 3.05) is 0 Å². The molecule has 0 amide bonds. The molecule has 1 nitrogen and oxygen atoms in total. The van der Waals surface area contributed by atoms with Gasteiger partial charge in [0.25, 0.3) is 0 Å². The van der Waals surface area contributed by atoms with E-state index in [-0.39, 0.29) is 0 Å². The molecule has 40 valence electrons. The van der Waals surface area contributed by atoms with Crippen LogP contribution < -0.4 is 0 Å². The van der Waals surface area contributed by atoms with Crippen molar-refractivity contribution in [3.05, 3.63) is 24.8 Å². The molecule has 0 fully saturated rings. The summed E-state index contributed by atoms with van der Waals surface area (Å²) < 4.78 is 0. The summed E-state index contributed by atoms with van der Waals surface area (Å²) in [4.78, 5) is 0. The Morgan fingerprint density at radius 2 is 2.29 bits per heavy atom. The molecule has 0 unspecified atom stereocenters. The van der Waals surface area contributed by atoms with E-state index >= 15 is 0 Å². The van der Waals surface area contributed by atoms with Crippen LogP contribution in [0.4, 0.5) is 0 Å². The van der Waals surface area contributed by atoms with Crippen LogP contribution in [0.3, 0.4) is 0 Å². The molecule has 1 N–H and O–H groups in total. The van der Waals surface area contributed by atoms with Gasteiger partial charge in [-0.2, -0.15) is 0 Å². The average Bonchev–Trinajstić information content (AvgIpc) is 1.68. The Kier molecular flexibility index (Phi) is 3.33. The maximum absolute atomic E-state index is 8.65. The SMILES string of the molecule is C=C[C@@H](O)/C=C/C. The van der Waals surface area contributed by atoms with Crippen LogP contribution in [0.2, 0.25) is 0 Å². The minimum atomic E-state index is -0.468. The Balaban J connectivity index is 3.35. The molecular weight excluding hydrogens is 88.1 g/mol. The molecule has 0 radical (unpaired) electrons. The highest BCUT2D eigenvalue weighted by Crippen LogP contribution is 1.83. The first kappa shape index (κ1) is 6.44. The summed E-state index contributed by atoms with van der Waals surface area (Å²) in [5.74, 6) is 0. The molecule has 0 aromatic rings. The average molecular weight is 98.1 g/mol. The Labute approximate surface area is 44.0 Å². The van der Waals surface area contributed by atoms with Crippen LogP contribution in [0.5, 0.6) is 0 Å². The van der Waals surface area contributed by atoms with Gasteiger partial charge in [0.15, 0.2) is 0 Å². The number of aliphatic hydroxyl groups is 1. The second-order valence-electron chi connectivity index (χ2n) is 1.25. The second-order valence-corrected chi connectivity index (χ2v) is 1.25. The lowest BCUT2D eigenvalue weighted by Crippen LogP contribution is -1.92. The third kappa shape index (κ3) is 3.27. The highest BCUT2D eigenvalue weighted by atomic mass is 16.3. The lowest BCUT2D eigenvalue weighted by atomic mass is 10.3. The molecular formula is C6H10O. The molecule has 1 heteroatoms. The third-order valence-corrected chi connectivity index (χ3v) is 0.631. The first-order chi connectivity index (χ1) is 3.31. The van der Waals surface area contributed by atoms with Crippen molar-refractivity contribution < 1.29 is 5.11 Å². The fourth-order valence-electron chi connectivity index (χ4n) is 0.276. The maximum Gasteiger partial charge on any atom is 0.0899 e. The largest absolute Gasteiger partial charge is 0.385 e. The van der Waals surface area contributed by atoms with E-state index in [2.05, 4.69) is 6.58 Å². The normalized spacial score (nSPS) is 14.6. The van der Waals surface area contributed by atoms with Gasteiger partial charge in [0.05, 0.1) is 6.10 Å². The van der Waals surface area contributed by atoms with E-state index < -0.39 is 6.10 Å². The molecule has 0 rings (SSSR count). The van der Waals surface area contributed by atoms with E-state index in [1.54, 1.807) is 12.2 Å². The lowest BCUT2D eigenvalue weighted by molar-refractivity contribution is 0.272. The summed E-state index contributed by atoms with van der Waals surface area (Å²) in [5.41, 5.74) is 0. The van der Waals surface area contributed by atoms with Crippen LogP contribution in [0.1, 0.15) is 6.92 Å². The van der Waals surface area contributed by atoms with E-state index in [4.69, 9.17) is 5.11 Å². The molecule has 0 aromatic heterocycles. The molecule has 7 heavy (non-hydrogen) atoms. The van der Waals surface area contributed by atoms with Gasteiger partial charge in [0, 0.05) is 0 Å². The van der Waals surface area contributed by atoms with Gasteiger partial charge in [-0.15, -0.1) is 6.58 Å². The monoisotopic (exact) mass is 98.1 g/mol. The van der Waals surface area contributed by atoms with Gasteiger partial charge >= 0.3 is 0 Å². The number of allylic oxidation sites excluding steroid dienone is 1. The van der Waals surface area contributed by atoms with Crippen molar-refractivity contribution in [3.8, 4) is 0 Å². The Bertz CT molecular complexity index is 74.2. The van der Waals surface area contributed by atoms with Crippen LogP contribution in [0.15, 0.2) is 24.8 Å². The van der Waals surface area contributed by atoms with E-state index in [9.17, 15) is 0 Å². The van der Waals surface area contributed by atoms with Gasteiger partial charge in [0.1, 0.15) is 0 Å². The number of rotatable bonds is 2. The zero-order valence-corrected chi connectivity index (χ0v) is 4.46. The van der Waals surface area contributed by atoms with Crippen molar-refractivity contribution >= 4 is 0 Å². The van der Waals surface area contributed by atoms with Crippen LogP contribution in [-0.4, -0.2) is 11.2 Å². The molecule has 0 saturated heterocycles. The van der Waals surface area contributed by atoms with Crippen molar-refractivity contribution in [1.82, 2.24) is 0 Å². The predicted octanol–water partition coefficient (Wildman–Crippen LogP) is 1.11. The molecule has 0 saturated carbocycles. The quantitative estimate of drug-likeness (QED) is 0.513. The molecule has 0 aliphatic carbocycles. The molecule has 0 aliphatic heterocycles. The van der Waals surface area contributed by atoms with E-state index in [0.29, 0.717) is 0 Å². The van der Waals surface area contributed by atoms with Crippen molar-refractivity contribution in [3.63, 3.8) is 0 Å². The Morgan fingerprint density at radius 1 is 1.71 bits per heavy atom. The van der Waals surface area contributed by atoms with Gasteiger partial charge in [-0.05, 0) is 6.92 Å². The molecule has 0 spiro atoms. The van der Waals surface area contributed by atoms with E-state index in [0.717, 1.165) is 0 Å². The smallest absolute Gasteiger partial charge is 0.0899 e. The summed E-state index contributed by atoms with van der Waals surface area (Å²) in [7, 11) is 0. The highest BCUT2D eigenvalue weighted by molar-refractivity contribution is 4.95. The summed E-state index contributed by atoms with van der Waals surface area (Å²) in [6.45, 7) is 5.23. The van der Waals surface area contributed by atoms with Crippen molar-refractivity contribution in [2.45, 2.75) is 13.0 Å². The van der Waals surface area contributed by atoms with E-state index in [1.807, 2.05) is 6.92 Å². The topological polar surface area (TPSA) is 20.2 Å². The zero-order chi connectivity index (χ0) is 5.70. The fraction of sp³-hybridized carbons (Fsp3) is 0.333. The van der Waals surface area contributed by atoms with Gasteiger partial charge < -0.3 is 5.11 Å². The molecule has 0 aromatic carbocycles. The molecule has 0 bridgehead atoms. The van der Waals surface area contributed by atoms with E-state index in [1.165, 1.54) is 6.08 Å². The van der Waals surface area contributed by atoms with Crippen LogP contribution in [-0.2, 0) is 0 Å². The zero-order valence-electron chi connectivity index (χ0n) is 4.46. The molecule has 1 atom stereocenters. The van der Waals surface area contributed by atoms with Crippen LogP contribution in [0, 0.1) is 0 Å². The van der Waals surface area contributed by atoms with Gasteiger partial charge in [-0.1, -0.05) is 18.2 Å². The summed E-state index contributed by atoms with van der Waals surface area (Å²) in [6, 6.07) is 0. The van der Waals surface area contributed by atoms with Gasteiger partial charge in [-0.25, -0.2) is 0 Å². The van der Waals surface area contributed by atoms with Crippen molar-refractivity contribution in [2.24, 2.45) is 0 Å². The predicted molar refractivity (Wildman–Crippen MR) is 31.0 cm³/mol. The second kappa shape index (κ2) is 3.62. The van der Waals surface area contributed by atoms with Crippen LogP contribution in [0.25, 0.3) is 0 Å². The maximum atomic E-state index is 8.65. The van der Waals surface area contributed by atoms with Gasteiger partial charge in [0.2, 0.25) is 0 Å². The summed E-state index contributed by atoms with van der Waals surface area (Å²) in [6.07, 6.45) is 4.45. The highest BCUT2D eigenvalue weighted by Gasteiger charge is 1.82. The minimum absolute atomic E-state index is 0.468. The van der Waals surface area contributed by atoms with Crippen molar-refractivity contribution in [1.29, 1.82) is 0 Å². The standard InChI is InChI=1S/C6H10O/c1-3-5-6(7)4-2/h3-7H,2H2,1H3/b5-3+/t6-/m1/s1. The lowest BCUT2D eigenvalue weighted by Gasteiger charge is -1.90. The van der Waals surface area contributed by atoms with Crippen LogP contribution >= 0.6 is 0 Å². The summed E-state index contributed by atoms with van der Waals surface area (Å²) in [5, 5.41) is 8.65. The number of aliphatic hydroxyl groups excluding tert-OH is 1. The summed E-state index contributed by atoms with van der Waals surface area (Å²) >= 11 is 0.